The number of hydrogen-bond acceptors (Lipinski definition) is 6. The van der Waals surface area contributed by atoms with Gasteiger partial charge in [-0.25, -0.2) is 4.98 Å². The molecule has 2 aromatic carbocycles. The Bertz CT molecular complexity index is 1390. The lowest BCUT2D eigenvalue weighted by atomic mass is 10.1. The summed E-state index contributed by atoms with van der Waals surface area (Å²) in [6, 6.07) is 16.4. The number of benzene rings is 2. The van der Waals surface area contributed by atoms with Gasteiger partial charge in [0.2, 0.25) is 12.7 Å². The first-order valence-electron chi connectivity index (χ1n) is 11.0. The molecule has 35 heavy (non-hydrogen) atoms. The number of amides is 2. The zero-order valence-electron chi connectivity index (χ0n) is 18.6. The van der Waals surface area contributed by atoms with Gasteiger partial charge in [-0.3, -0.25) is 9.59 Å². The summed E-state index contributed by atoms with van der Waals surface area (Å²) in [5.74, 6) is 1.59. The maximum Gasteiger partial charge on any atom is 0.267 e. The quantitative estimate of drug-likeness (QED) is 0.340. The minimum atomic E-state index is -0.471. The number of carbonyl (C=O) groups is 2. The minimum absolute atomic E-state index is 0.0857. The van der Waals surface area contributed by atoms with E-state index in [1.54, 1.807) is 36.4 Å². The average Bonchev–Trinajstić information content (AvgIpc) is 3.62. The van der Waals surface area contributed by atoms with E-state index in [2.05, 4.69) is 20.6 Å². The van der Waals surface area contributed by atoms with Gasteiger partial charge in [0.25, 0.3) is 5.91 Å². The van der Waals surface area contributed by atoms with E-state index < -0.39 is 11.8 Å². The second-order valence-electron chi connectivity index (χ2n) is 7.72. The fourth-order valence-corrected chi connectivity index (χ4v) is 3.56. The van der Waals surface area contributed by atoms with E-state index in [9.17, 15) is 9.59 Å². The lowest BCUT2D eigenvalue weighted by Gasteiger charge is -2.10. The molecule has 0 bridgehead atoms. The minimum Gasteiger partial charge on any atom is -0.465 e. The molecule has 2 amide bonds. The number of para-hydroxylation sites is 2. The zero-order chi connectivity index (χ0) is 24.0. The van der Waals surface area contributed by atoms with Crippen LogP contribution in [0.3, 0.4) is 0 Å². The molecule has 0 atom stereocenters. The first kappa shape index (κ1) is 22.0. The number of furan rings is 1. The predicted octanol–water partition coefficient (Wildman–Crippen LogP) is 3.41. The van der Waals surface area contributed by atoms with Crippen LogP contribution >= 0.6 is 0 Å². The summed E-state index contributed by atoms with van der Waals surface area (Å²) in [4.78, 5) is 33.2. The number of carbonyl (C=O) groups excluding carboxylic acids is 2. The normalized spacial score (nSPS) is 12.9. The van der Waals surface area contributed by atoms with Crippen molar-refractivity contribution in [2.75, 3.05) is 13.3 Å². The number of hydrogen-bond donors (Lipinski definition) is 3. The largest absolute Gasteiger partial charge is 0.465 e. The van der Waals surface area contributed by atoms with Crippen molar-refractivity contribution in [3.8, 4) is 11.5 Å². The Kier molecular flexibility index (Phi) is 6.29. The number of fused-ring (bicyclic) bond motifs is 2. The Labute approximate surface area is 200 Å². The van der Waals surface area contributed by atoms with E-state index in [1.165, 1.54) is 18.4 Å². The summed E-state index contributed by atoms with van der Waals surface area (Å²) < 4.78 is 15.9. The van der Waals surface area contributed by atoms with Gasteiger partial charge >= 0.3 is 0 Å². The van der Waals surface area contributed by atoms with Crippen LogP contribution in [0.25, 0.3) is 23.2 Å². The summed E-state index contributed by atoms with van der Waals surface area (Å²) in [7, 11) is 0. The molecule has 176 valence electrons. The molecule has 2 aromatic heterocycles. The number of imidazole rings is 1. The Balaban J connectivity index is 1.29. The highest BCUT2D eigenvalue weighted by Crippen LogP contribution is 2.33. The standard InChI is InChI=1S/C26H22N4O5/c31-25(10-8-18-4-3-13-33-18)30-21(14-17-7-9-22-23(15-17)35-16-34-22)26(32)27-12-11-24-28-19-5-1-2-6-20(19)29-24/h1-10,13-15H,11-12,16H2,(H,27,32)(H,28,29)(H,30,31). The molecule has 0 aliphatic carbocycles. The highest BCUT2D eigenvalue weighted by atomic mass is 16.7. The van der Waals surface area contributed by atoms with Gasteiger partial charge < -0.3 is 29.5 Å². The van der Waals surface area contributed by atoms with E-state index in [0.717, 1.165) is 16.9 Å². The van der Waals surface area contributed by atoms with Gasteiger partial charge in [-0.1, -0.05) is 18.2 Å². The smallest absolute Gasteiger partial charge is 0.267 e. The van der Waals surface area contributed by atoms with Crippen LogP contribution in [0.4, 0.5) is 0 Å². The number of ether oxygens (including phenoxy) is 2. The molecule has 0 fully saturated rings. The molecule has 0 unspecified atom stereocenters. The third-order valence-corrected chi connectivity index (χ3v) is 5.24. The molecular formula is C26H22N4O5. The highest BCUT2D eigenvalue weighted by molar-refractivity contribution is 6.04. The van der Waals surface area contributed by atoms with E-state index in [4.69, 9.17) is 13.9 Å². The molecule has 0 spiro atoms. The van der Waals surface area contributed by atoms with Crippen molar-refractivity contribution in [2.24, 2.45) is 0 Å². The number of nitrogens with zero attached hydrogens (tertiary/aromatic N) is 1. The number of aromatic amines is 1. The fraction of sp³-hybridized carbons (Fsp3) is 0.115. The second-order valence-corrected chi connectivity index (χ2v) is 7.72. The van der Waals surface area contributed by atoms with Crippen molar-refractivity contribution in [1.29, 1.82) is 0 Å². The van der Waals surface area contributed by atoms with Crippen molar-refractivity contribution in [2.45, 2.75) is 6.42 Å². The van der Waals surface area contributed by atoms with Crippen LogP contribution < -0.4 is 20.1 Å². The first-order chi connectivity index (χ1) is 17.1. The molecule has 9 nitrogen and oxygen atoms in total. The van der Waals surface area contributed by atoms with Gasteiger partial charge in [-0.05, 0) is 54.1 Å². The molecule has 5 rings (SSSR count). The Morgan fingerprint density at radius 2 is 1.94 bits per heavy atom. The second kappa shape index (κ2) is 10.0. The van der Waals surface area contributed by atoms with Crippen molar-refractivity contribution in [3.05, 3.63) is 89.8 Å². The zero-order valence-corrected chi connectivity index (χ0v) is 18.6. The van der Waals surface area contributed by atoms with Crippen molar-refractivity contribution in [1.82, 2.24) is 20.6 Å². The third kappa shape index (κ3) is 5.41. The molecule has 0 saturated carbocycles. The Hall–Kier alpha value is -4.79. The molecule has 1 aliphatic heterocycles. The maximum absolute atomic E-state index is 13.0. The first-order valence-corrected chi connectivity index (χ1v) is 11.0. The lowest BCUT2D eigenvalue weighted by Crippen LogP contribution is -2.35. The highest BCUT2D eigenvalue weighted by Gasteiger charge is 2.16. The number of aromatic nitrogens is 2. The van der Waals surface area contributed by atoms with E-state index in [-0.39, 0.29) is 12.5 Å². The fourth-order valence-electron chi connectivity index (χ4n) is 3.56. The van der Waals surface area contributed by atoms with Crippen LogP contribution in [0.5, 0.6) is 11.5 Å². The van der Waals surface area contributed by atoms with Gasteiger partial charge in [0.05, 0.1) is 17.3 Å². The Morgan fingerprint density at radius 3 is 2.80 bits per heavy atom. The number of nitrogens with one attached hydrogen (secondary N) is 3. The number of rotatable bonds is 8. The third-order valence-electron chi connectivity index (χ3n) is 5.24. The predicted molar refractivity (Wildman–Crippen MR) is 129 cm³/mol. The molecule has 4 aromatic rings. The average molecular weight is 470 g/mol. The molecule has 0 radical (unpaired) electrons. The molecule has 1 aliphatic rings. The summed E-state index contributed by atoms with van der Waals surface area (Å²) in [6.07, 6.45) is 6.42. The van der Waals surface area contributed by atoms with Gasteiger partial charge in [-0.2, -0.15) is 0 Å². The monoisotopic (exact) mass is 470 g/mol. The SMILES string of the molecule is O=C(C=Cc1ccco1)NC(=Cc1ccc2c(c1)OCO2)C(=O)NCCc1nc2ccccc2[nH]1. The van der Waals surface area contributed by atoms with Crippen LogP contribution in [0.15, 0.2) is 77.1 Å². The van der Waals surface area contributed by atoms with Crippen LogP contribution in [0.1, 0.15) is 17.1 Å². The summed E-state index contributed by atoms with van der Waals surface area (Å²) >= 11 is 0. The Morgan fingerprint density at radius 1 is 1.06 bits per heavy atom. The molecule has 3 N–H and O–H groups in total. The van der Waals surface area contributed by atoms with Crippen molar-refractivity contribution >= 4 is 35.0 Å². The van der Waals surface area contributed by atoms with Gasteiger partial charge in [0.1, 0.15) is 17.3 Å². The molecular weight excluding hydrogens is 448 g/mol. The van der Waals surface area contributed by atoms with E-state index in [0.29, 0.717) is 35.8 Å². The van der Waals surface area contributed by atoms with Crippen LogP contribution in [0.2, 0.25) is 0 Å². The van der Waals surface area contributed by atoms with Crippen LogP contribution in [0, 0.1) is 0 Å². The molecule has 3 heterocycles. The lowest BCUT2D eigenvalue weighted by molar-refractivity contribution is -0.121. The summed E-state index contributed by atoms with van der Waals surface area (Å²) in [5, 5.41) is 5.49. The van der Waals surface area contributed by atoms with E-state index in [1.807, 2.05) is 24.3 Å². The summed E-state index contributed by atoms with van der Waals surface area (Å²) in [5.41, 5.74) is 2.57. The number of H-pyrrole nitrogens is 1. The van der Waals surface area contributed by atoms with Gasteiger partial charge in [-0.15, -0.1) is 0 Å². The molecule has 0 saturated heterocycles. The topological polar surface area (TPSA) is 118 Å². The van der Waals surface area contributed by atoms with Crippen LogP contribution in [-0.4, -0.2) is 35.1 Å². The van der Waals surface area contributed by atoms with Crippen molar-refractivity contribution < 1.29 is 23.5 Å². The van der Waals surface area contributed by atoms with E-state index >= 15 is 0 Å². The van der Waals surface area contributed by atoms with Gasteiger partial charge in [0, 0.05) is 19.0 Å². The van der Waals surface area contributed by atoms with Gasteiger partial charge in [0.15, 0.2) is 11.5 Å². The molecule has 9 heteroatoms. The van der Waals surface area contributed by atoms with Crippen molar-refractivity contribution in [3.63, 3.8) is 0 Å². The summed E-state index contributed by atoms with van der Waals surface area (Å²) in [6.45, 7) is 0.473. The van der Waals surface area contributed by atoms with Crippen LogP contribution in [-0.2, 0) is 16.0 Å². The maximum atomic E-state index is 13.0.